The molecule has 0 amide bonds. The van der Waals surface area contributed by atoms with Crippen molar-refractivity contribution in [2.24, 2.45) is 5.92 Å². The third-order valence-electron chi connectivity index (χ3n) is 9.45. The van der Waals surface area contributed by atoms with E-state index >= 15 is 0 Å². The molecular formula is C36H31BNO3. The summed E-state index contributed by atoms with van der Waals surface area (Å²) in [6.45, 7) is 7.29. The van der Waals surface area contributed by atoms with Crippen LogP contribution in [0, 0.1) is 17.2 Å². The van der Waals surface area contributed by atoms with Crippen LogP contribution in [0.15, 0.2) is 97.1 Å². The van der Waals surface area contributed by atoms with Crippen LogP contribution in [-0.2, 0) is 10.1 Å². The number of hydrogen-bond acceptors (Lipinski definition) is 4. The smallest absolute Gasteiger partial charge is 0.330 e. The van der Waals surface area contributed by atoms with Crippen LogP contribution in [0.25, 0.3) is 21.9 Å². The van der Waals surface area contributed by atoms with Crippen LogP contribution in [0.2, 0.25) is 0 Å². The minimum Gasteiger partial charge on any atom is -0.485 e. The molecule has 0 bridgehead atoms. The van der Waals surface area contributed by atoms with E-state index in [-0.39, 0.29) is 12.0 Å². The Morgan fingerprint density at radius 1 is 0.878 bits per heavy atom. The van der Waals surface area contributed by atoms with Gasteiger partial charge in [0.2, 0.25) is 0 Å². The second-order valence-corrected chi connectivity index (χ2v) is 12.3. The summed E-state index contributed by atoms with van der Waals surface area (Å²) in [6, 6.07) is 27.6. The maximum Gasteiger partial charge on any atom is 0.330 e. The highest BCUT2D eigenvalue weighted by molar-refractivity contribution is 6.47. The van der Waals surface area contributed by atoms with Crippen molar-refractivity contribution >= 4 is 23.7 Å². The van der Waals surface area contributed by atoms with Crippen molar-refractivity contribution in [2.45, 2.75) is 50.4 Å². The zero-order valence-electron chi connectivity index (χ0n) is 23.7. The number of allylic oxidation sites excluding steroid dienone is 2. The molecule has 3 unspecified atom stereocenters. The number of para-hydroxylation sites is 1. The number of nitriles is 1. The molecule has 1 N–H and O–H groups in total. The van der Waals surface area contributed by atoms with Gasteiger partial charge >= 0.3 is 7.48 Å². The third-order valence-corrected chi connectivity index (χ3v) is 9.45. The Bertz CT molecular complexity index is 1820. The zero-order chi connectivity index (χ0) is 28.6. The molecule has 3 atom stereocenters. The van der Waals surface area contributed by atoms with Crippen LogP contribution in [0.3, 0.4) is 0 Å². The van der Waals surface area contributed by atoms with Crippen molar-refractivity contribution in [1.29, 1.82) is 5.26 Å². The molecule has 4 aromatic rings. The Morgan fingerprint density at radius 3 is 2.39 bits per heavy atom. The van der Waals surface area contributed by atoms with E-state index in [1.807, 2.05) is 38.1 Å². The zero-order valence-corrected chi connectivity index (χ0v) is 23.7. The number of nitrogens with zero attached hydrogens (tertiary/aromatic N) is 1. The fourth-order valence-electron chi connectivity index (χ4n) is 6.72. The van der Waals surface area contributed by atoms with Crippen molar-refractivity contribution in [1.82, 2.24) is 0 Å². The predicted molar refractivity (Wildman–Crippen MR) is 163 cm³/mol. The Kier molecular flexibility index (Phi) is 5.64. The van der Waals surface area contributed by atoms with E-state index in [0.717, 1.165) is 44.2 Å². The van der Waals surface area contributed by atoms with Crippen LogP contribution < -0.4 is 10.2 Å². The summed E-state index contributed by atoms with van der Waals surface area (Å²) in [5, 5.41) is 23.0. The number of hydrogen-bond donors (Lipinski definition) is 1. The third kappa shape index (κ3) is 3.61. The van der Waals surface area contributed by atoms with E-state index < -0.39 is 16.6 Å². The maximum absolute atomic E-state index is 10.7. The summed E-state index contributed by atoms with van der Waals surface area (Å²) in [5.41, 5.74) is 4.92. The Morgan fingerprint density at radius 2 is 1.61 bits per heavy atom. The molecule has 201 valence electrons. The van der Waals surface area contributed by atoms with E-state index in [1.165, 1.54) is 5.56 Å². The quantitative estimate of drug-likeness (QED) is 0.309. The van der Waals surface area contributed by atoms with Gasteiger partial charge in [0.15, 0.2) is 0 Å². The van der Waals surface area contributed by atoms with Gasteiger partial charge < -0.3 is 14.5 Å². The Balaban J connectivity index is 1.53. The van der Waals surface area contributed by atoms with Gasteiger partial charge in [0.1, 0.15) is 11.9 Å². The first kappa shape index (κ1) is 25.8. The highest BCUT2D eigenvalue weighted by atomic mass is 16.5. The molecule has 41 heavy (non-hydrogen) atoms. The largest absolute Gasteiger partial charge is 0.485 e. The molecule has 1 radical (unpaired) electrons. The second kappa shape index (κ2) is 8.95. The van der Waals surface area contributed by atoms with Crippen LogP contribution in [0.4, 0.5) is 0 Å². The number of ether oxygens (including phenoxy) is 1. The molecule has 2 aliphatic carbocycles. The van der Waals surface area contributed by atoms with Crippen molar-refractivity contribution in [2.75, 3.05) is 0 Å². The average Bonchev–Trinajstić information content (AvgIpc) is 3.25. The first-order chi connectivity index (χ1) is 19.7. The lowest BCUT2D eigenvalue weighted by Gasteiger charge is -2.47. The topological polar surface area (TPSA) is 62.5 Å². The van der Waals surface area contributed by atoms with Crippen LogP contribution in [0.1, 0.15) is 49.9 Å². The number of aliphatic hydroxyl groups is 1. The molecule has 0 saturated heterocycles. The van der Waals surface area contributed by atoms with Gasteiger partial charge in [-0.05, 0) is 73.5 Å². The number of rotatable bonds is 4. The lowest BCUT2D eigenvalue weighted by molar-refractivity contribution is -0.0893. The Labute approximate surface area is 241 Å². The molecule has 1 heterocycles. The summed E-state index contributed by atoms with van der Waals surface area (Å²) in [4.78, 5) is 0. The molecule has 1 spiro atoms. The fourth-order valence-corrected chi connectivity index (χ4v) is 6.72. The molecule has 7 rings (SSSR count). The lowest BCUT2D eigenvalue weighted by Crippen LogP contribution is -2.49. The van der Waals surface area contributed by atoms with Gasteiger partial charge in [0.05, 0.1) is 28.2 Å². The van der Waals surface area contributed by atoms with Crippen molar-refractivity contribution < 1.29 is 14.5 Å². The standard InChI is InChI=1S/C36H31BNO3/c1-34(2,39)35(3,4)41-37-23-17-18-27-26(20-23)33-25-12-6-5-11-24(25)22(21-38)19-30(33)36(27)28-13-7-9-15-31(28)40-32-16-10-8-14-29(32)36/h5-20,28,31,39H,1-4H3. The second-order valence-electron chi connectivity index (χ2n) is 12.3. The van der Waals surface area contributed by atoms with Gasteiger partial charge in [-0.1, -0.05) is 84.4 Å². The molecular weight excluding hydrogens is 505 g/mol. The summed E-state index contributed by atoms with van der Waals surface area (Å²) in [7, 11) is 1.75. The van der Waals surface area contributed by atoms with Gasteiger partial charge in [0.25, 0.3) is 0 Å². The Hall–Kier alpha value is -4.11. The molecule has 1 aliphatic heterocycles. The SMILES string of the molecule is CC(C)(O)C(C)(C)O[B]c1ccc2c(c1)-c1c(cc(C#N)c3ccccc13)C21c2ccccc2OC2C=CC=CC21. The summed E-state index contributed by atoms with van der Waals surface area (Å²) >= 11 is 0. The molecule has 0 fully saturated rings. The summed E-state index contributed by atoms with van der Waals surface area (Å²) in [5.74, 6) is 0.861. The maximum atomic E-state index is 10.7. The van der Waals surface area contributed by atoms with E-state index in [4.69, 9.17) is 9.39 Å². The number of fused-ring (bicyclic) bond motifs is 11. The molecule has 3 aliphatic rings. The molecule has 0 saturated carbocycles. The van der Waals surface area contributed by atoms with Crippen LogP contribution >= 0.6 is 0 Å². The van der Waals surface area contributed by atoms with Crippen LogP contribution in [-0.4, -0.2) is 29.9 Å². The lowest BCUT2D eigenvalue weighted by atomic mass is 9.60. The number of benzene rings is 4. The van der Waals surface area contributed by atoms with Crippen molar-refractivity contribution in [3.63, 3.8) is 0 Å². The molecule has 4 nitrogen and oxygen atoms in total. The van der Waals surface area contributed by atoms with Crippen molar-refractivity contribution in [3.05, 3.63) is 119 Å². The fraction of sp³-hybridized carbons (Fsp3) is 0.250. The first-order valence-electron chi connectivity index (χ1n) is 14.1. The normalized spacial score (nSPS) is 22.0. The minimum absolute atomic E-state index is 0.00435. The van der Waals surface area contributed by atoms with Gasteiger partial charge in [-0.25, -0.2) is 0 Å². The molecule has 4 aromatic carbocycles. The average molecular weight is 536 g/mol. The van der Waals surface area contributed by atoms with E-state index in [1.54, 1.807) is 21.3 Å². The van der Waals surface area contributed by atoms with Gasteiger partial charge in [-0.3, -0.25) is 0 Å². The highest BCUT2D eigenvalue weighted by Gasteiger charge is 2.56. The molecule has 5 heteroatoms. The first-order valence-corrected chi connectivity index (χ1v) is 14.1. The van der Waals surface area contributed by atoms with Crippen molar-refractivity contribution in [3.8, 4) is 22.9 Å². The minimum atomic E-state index is -1.03. The van der Waals surface area contributed by atoms with Gasteiger partial charge in [-0.2, -0.15) is 5.26 Å². The summed E-state index contributed by atoms with van der Waals surface area (Å²) < 4.78 is 12.7. The monoisotopic (exact) mass is 536 g/mol. The van der Waals surface area contributed by atoms with E-state index in [0.29, 0.717) is 5.56 Å². The van der Waals surface area contributed by atoms with Crippen LogP contribution in [0.5, 0.6) is 5.75 Å². The van der Waals surface area contributed by atoms with E-state index in [9.17, 15) is 10.4 Å². The van der Waals surface area contributed by atoms with Gasteiger partial charge in [0, 0.05) is 16.9 Å². The van der Waals surface area contributed by atoms with Gasteiger partial charge in [-0.15, -0.1) is 0 Å². The molecule has 0 aromatic heterocycles. The predicted octanol–water partition coefficient (Wildman–Crippen LogP) is 6.34. The summed E-state index contributed by atoms with van der Waals surface area (Å²) in [6.07, 6.45) is 8.42. The highest BCUT2D eigenvalue weighted by Crippen LogP contribution is 2.62. The van der Waals surface area contributed by atoms with E-state index in [2.05, 4.69) is 78.9 Å².